The highest BCUT2D eigenvalue weighted by atomic mass is 15.1. The van der Waals surface area contributed by atoms with Gasteiger partial charge in [-0.1, -0.05) is 36.4 Å². The van der Waals surface area contributed by atoms with Crippen LogP contribution in [0.2, 0.25) is 0 Å². The summed E-state index contributed by atoms with van der Waals surface area (Å²) in [5.74, 6) is 2.30. The van der Waals surface area contributed by atoms with E-state index in [0.717, 1.165) is 22.8 Å². The number of aromatic nitrogens is 3. The number of nitrogens with zero attached hydrogens (tertiary/aromatic N) is 3. The molecule has 0 saturated heterocycles. The molecule has 1 aromatic carbocycles. The fourth-order valence-corrected chi connectivity index (χ4v) is 2.32. The summed E-state index contributed by atoms with van der Waals surface area (Å²) >= 11 is 0. The van der Waals surface area contributed by atoms with Gasteiger partial charge in [-0.15, -0.1) is 0 Å². The van der Waals surface area contributed by atoms with E-state index in [4.69, 9.17) is 0 Å². The Hall–Kier alpha value is -2.95. The zero-order valence-corrected chi connectivity index (χ0v) is 13.9. The first-order chi connectivity index (χ1) is 11.7. The summed E-state index contributed by atoms with van der Waals surface area (Å²) in [7, 11) is 0. The first-order valence-corrected chi connectivity index (χ1v) is 8.04. The molecule has 2 heterocycles. The smallest absolute Gasteiger partial charge is 0.163 e. The van der Waals surface area contributed by atoms with Crippen molar-refractivity contribution in [2.24, 2.45) is 0 Å². The molecule has 0 spiro atoms. The quantitative estimate of drug-likeness (QED) is 0.720. The van der Waals surface area contributed by atoms with Crippen molar-refractivity contribution in [3.63, 3.8) is 0 Å². The van der Waals surface area contributed by atoms with E-state index >= 15 is 0 Å². The lowest BCUT2D eigenvalue weighted by molar-refractivity contribution is 0.887. The van der Waals surface area contributed by atoms with Crippen LogP contribution in [-0.4, -0.2) is 21.0 Å². The van der Waals surface area contributed by atoms with Gasteiger partial charge in [0, 0.05) is 36.6 Å². The lowest BCUT2D eigenvalue weighted by Gasteiger charge is -2.13. The van der Waals surface area contributed by atoms with Crippen LogP contribution in [0.5, 0.6) is 0 Å². The Balaban J connectivity index is 1.87. The van der Waals surface area contributed by atoms with Gasteiger partial charge in [0.2, 0.25) is 0 Å². The fourth-order valence-electron chi connectivity index (χ4n) is 2.32. The standard InChI is InChI=1S/C19H21N5/c1-14(2)22-18-11-17(21-13-15-7-6-10-20-12-15)23-19(24-18)16-8-4-3-5-9-16/h3-12,14H,13H2,1-2H3,(H2,21,22,23,24). The minimum atomic E-state index is 0.301. The molecular formula is C19H21N5. The summed E-state index contributed by atoms with van der Waals surface area (Å²) in [6.07, 6.45) is 3.62. The lowest BCUT2D eigenvalue weighted by atomic mass is 10.2. The Labute approximate surface area is 142 Å². The van der Waals surface area contributed by atoms with Crippen molar-refractivity contribution in [3.05, 3.63) is 66.5 Å². The Morgan fingerprint density at radius 2 is 1.75 bits per heavy atom. The van der Waals surface area contributed by atoms with Crippen molar-refractivity contribution in [3.8, 4) is 11.4 Å². The Morgan fingerprint density at radius 3 is 2.46 bits per heavy atom. The van der Waals surface area contributed by atoms with Crippen molar-refractivity contribution in [2.75, 3.05) is 10.6 Å². The first-order valence-electron chi connectivity index (χ1n) is 8.04. The van der Waals surface area contributed by atoms with Crippen molar-refractivity contribution >= 4 is 11.6 Å². The normalized spacial score (nSPS) is 10.6. The second-order valence-corrected chi connectivity index (χ2v) is 5.84. The molecule has 0 aliphatic carbocycles. The van der Waals surface area contributed by atoms with Gasteiger partial charge >= 0.3 is 0 Å². The Morgan fingerprint density at radius 1 is 0.958 bits per heavy atom. The molecule has 0 aliphatic rings. The molecule has 0 bridgehead atoms. The molecule has 2 aromatic heterocycles. The average Bonchev–Trinajstić information content (AvgIpc) is 2.61. The Kier molecular flexibility index (Phi) is 5.01. The highest BCUT2D eigenvalue weighted by Gasteiger charge is 2.08. The Bertz CT molecular complexity index is 772. The number of pyridine rings is 1. The molecule has 0 radical (unpaired) electrons. The summed E-state index contributed by atoms with van der Waals surface area (Å²) in [5.41, 5.74) is 2.10. The predicted molar refractivity (Wildman–Crippen MR) is 97.8 cm³/mol. The molecule has 0 fully saturated rings. The topological polar surface area (TPSA) is 62.7 Å². The monoisotopic (exact) mass is 319 g/mol. The van der Waals surface area contributed by atoms with E-state index in [1.165, 1.54) is 0 Å². The van der Waals surface area contributed by atoms with Crippen molar-refractivity contribution in [1.82, 2.24) is 15.0 Å². The van der Waals surface area contributed by atoms with Crippen molar-refractivity contribution in [1.29, 1.82) is 0 Å². The lowest BCUT2D eigenvalue weighted by Crippen LogP contribution is -2.13. The van der Waals surface area contributed by atoms with Crippen LogP contribution in [0.25, 0.3) is 11.4 Å². The zero-order valence-electron chi connectivity index (χ0n) is 13.9. The number of anilines is 2. The van der Waals surface area contributed by atoms with E-state index < -0.39 is 0 Å². The highest BCUT2D eigenvalue weighted by Crippen LogP contribution is 2.21. The van der Waals surface area contributed by atoms with Crippen LogP contribution in [-0.2, 0) is 6.54 Å². The summed E-state index contributed by atoms with van der Waals surface area (Å²) < 4.78 is 0. The SMILES string of the molecule is CC(C)Nc1cc(NCc2cccnc2)nc(-c2ccccc2)n1. The average molecular weight is 319 g/mol. The number of hydrogen-bond acceptors (Lipinski definition) is 5. The van der Waals surface area contributed by atoms with E-state index in [1.807, 2.05) is 54.7 Å². The van der Waals surface area contributed by atoms with E-state index in [9.17, 15) is 0 Å². The number of hydrogen-bond donors (Lipinski definition) is 2. The third kappa shape index (κ3) is 4.29. The largest absolute Gasteiger partial charge is 0.368 e. The van der Waals surface area contributed by atoms with Crippen molar-refractivity contribution < 1.29 is 0 Å². The van der Waals surface area contributed by atoms with Crippen LogP contribution in [0, 0.1) is 0 Å². The predicted octanol–water partition coefficient (Wildman–Crippen LogP) is 3.97. The molecule has 0 unspecified atom stereocenters. The van der Waals surface area contributed by atoms with Gasteiger partial charge in [-0.05, 0) is 25.5 Å². The van der Waals surface area contributed by atoms with Crippen LogP contribution >= 0.6 is 0 Å². The molecule has 122 valence electrons. The zero-order chi connectivity index (χ0) is 16.8. The fraction of sp³-hybridized carbons (Fsp3) is 0.211. The van der Waals surface area contributed by atoms with Gasteiger partial charge in [0.25, 0.3) is 0 Å². The van der Waals surface area contributed by atoms with Crippen LogP contribution in [0.4, 0.5) is 11.6 Å². The maximum absolute atomic E-state index is 4.64. The minimum absolute atomic E-state index is 0.301. The van der Waals surface area contributed by atoms with Gasteiger partial charge in [0.15, 0.2) is 5.82 Å². The molecule has 5 heteroatoms. The molecule has 0 saturated carbocycles. The molecule has 3 rings (SSSR count). The first kappa shape index (κ1) is 15.9. The molecule has 5 nitrogen and oxygen atoms in total. The van der Waals surface area contributed by atoms with Crippen LogP contribution in [0.1, 0.15) is 19.4 Å². The van der Waals surface area contributed by atoms with Crippen LogP contribution in [0.15, 0.2) is 60.9 Å². The van der Waals surface area contributed by atoms with E-state index in [0.29, 0.717) is 18.4 Å². The van der Waals surface area contributed by atoms with Gasteiger partial charge in [-0.3, -0.25) is 4.98 Å². The van der Waals surface area contributed by atoms with Crippen LogP contribution in [0.3, 0.4) is 0 Å². The van der Waals surface area contributed by atoms with Gasteiger partial charge < -0.3 is 10.6 Å². The second kappa shape index (κ2) is 7.55. The molecule has 0 amide bonds. The number of rotatable bonds is 6. The summed E-state index contributed by atoms with van der Waals surface area (Å²) in [4.78, 5) is 13.4. The van der Waals surface area contributed by atoms with E-state index in [2.05, 4.69) is 39.4 Å². The van der Waals surface area contributed by atoms with Gasteiger partial charge in [0.1, 0.15) is 11.6 Å². The number of nitrogens with one attached hydrogen (secondary N) is 2. The third-order valence-corrected chi connectivity index (χ3v) is 3.39. The maximum Gasteiger partial charge on any atom is 0.163 e. The molecule has 2 N–H and O–H groups in total. The highest BCUT2D eigenvalue weighted by molar-refractivity contribution is 5.61. The maximum atomic E-state index is 4.64. The third-order valence-electron chi connectivity index (χ3n) is 3.39. The number of benzene rings is 1. The minimum Gasteiger partial charge on any atom is -0.368 e. The van der Waals surface area contributed by atoms with Crippen molar-refractivity contribution in [2.45, 2.75) is 26.4 Å². The molecule has 0 aliphatic heterocycles. The summed E-state index contributed by atoms with van der Waals surface area (Å²) in [5, 5.41) is 6.70. The van der Waals surface area contributed by atoms with E-state index in [-0.39, 0.29) is 0 Å². The molecule has 0 atom stereocenters. The van der Waals surface area contributed by atoms with Gasteiger partial charge in [0.05, 0.1) is 0 Å². The van der Waals surface area contributed by atoms with E-state index in [1.54, 1.807) is 6.20 Å². The summed E-state index contributed by atoms with van der Waals surface area (Å²) in [6, 6.07) is 16.2. The van der Waals surface area contributed by atoms with Gasteiger partial charge in [-0.2, -0.15) is 0 Å². The van der Waals surface area contributed by atoms with Gasteiger partial charge in [-0.25, -0.2) is 9.97 Å². The molecule has 24 heavy (non-hydrogen) atoms. The molecule has 3 aromatic rings. The van der Waals surface area contributed by atoms with Crippen LogP contribution < -0.4 is 10.6 Å². The summed E-state index contributed by atoms with van der Waals surface area (Å²) in [6.45, 7) is 4.85. The second-order valence-electron chi connectivity index (χ2n) is 5.84. The molecular weight excluding hydrogens is 298 g/mol.